The molecule has 0 bridgehead atoms. The van der Waals surface area contributed by atoms with E-state index in [0.29, 0.717) is 0 Å². The monoisotopic (exact) mass is 883 g/mol. The molecular weight excluding hydrogens is 831 g/mol. The summed E-state index contributed by atoms with van der Waals surface area (Å²) < 4.78 is 0. The Morgan fingerprint density at radius 1 is 0.333 bits per heavy atom. The van der Waals surface area contributed by atoms with Crippen molar-refractivity contribution in [1.82, 2.24) is 0 Å². The summed E-state index contributed by atoms with van der Waals surface area (Å²) in [6, 6.07) is 79.4. The number of allylic oxidation sites excluding steroid dienone is 2. The molecule has 0 saturated carbocycles. The van der Waals surface area contributed by atoms with Crippen LogP contribution in [0.25, 0.3) is 88.0 Å². The first kappa shape index (κ1) is 42.1. The molecule has 330 valence electrons. The maximum Gasteiger partial charge on any atom is 0.0467 e. The lowest BCUT2D eigenvalue weighted by Crippen LogP contribution is -2.16. The van der Waals surface area contributed by atoms with Gasteiger partial charge in [0, 0.05) is 27.9 Å². The highest BCUT2D eigenvalue weighted by Crippen LogP contribution is 2.56. The van der Waals surface area contributed by atoms with Gasteiger partial charge in [0.25, 0.3) is 0 Å². The van der Waals surface area contributed by atoms with Crippen molar-refractivity contribution in [2.45, 2.75) is 38.5 Å². The zero-order valence-electron chi connectivity index (χ0n) is 39.7. The van der Waals surface area contributed by atoms with E-state index in [9.17, 15) is 0 Å². The van der Waals surface area contributed by atoms with Crippen molar-refractivity contribution in [3.8, 4) is 55.6 Å². The van der Waals surface area contributed by atoms with E-state index in [4.69, 9.17) is 0 Å². The Bertz CT molecular complexity index is 3720. The van der Waals surface area contributed by atoms with Gasteiger partial charge in [-0.25, -0.2) is 0 Å². The molecule has 0 radical (unpaired) electrons. The molecule has 2 aliphatic rings. The number of hydrogen-bond donors (Lipinski definition) is 0. The first-order valence-corrected chi connectivity index (χ1v) is 24.1. The SMILES string of the molecule is C=CC=C.CC1(C)c2ccccc2-c2cc(-c3ccc4ccc5c6c(cc7ccc3c4c75)C(C)(C)c3cc(N(c4cccc(-c5ccccc5)c4)c4cccc(-c5ccccc5)c4)ccc3-6)ccc21. The smallest absolute Gasteiger partial charge is 0.0467 e. The minimum Gasteiger partial charge on any atom is -0.310 e. The molecule has 0 N–H and O–H groups in total. The zero-order valence-corrected chi connectivity index (χ0v) is 39.7. The van der Waals surface area contributed by atoms with Gasteiger partial charge in [0.15, 0.2) is 0 Å². The summed E-state index contributed by atoms with van der Waals surface area (Å²) in [6.07, 6.45) is 3.28. The molecule has 1 nitrogen and oxygen atoms in total. The van der Waals surface area contributed by atoms with Crippen LogP contribution in [0.2, 0.25) is 0 Å². The van der Waals surface area contributed by atoms with Gasteiger partial charge in [-0.3, -0.25) is 0 Å². The number of hydrogen-bond acceptors (Lipinski definition) is 1. The standard InChI is InChI=1S/C64H47N.C4H6/c1-63(2)56-24-12-11-23-51(56)55-37-45(28-34-57(55)63)50-30-25-42-26-32-54-61-46(27-31-52(50)60(42)61)38-59-62(54)53-33-29-49(39-58(53)64(59,3)4)65(47-21-13-19-43(35-47)40-15-7-5-8-16-40)48-22-14-20-44(36-48)41-17-9-6-10-18-41;1-3-4-2/h5-39H,1-4H3;3-4H,1-2H2. The van der Waals surface area contributed by atoms with Crippen LogP contribution in [-0.4, -0.2) is 0 Å². The van der Waals surface area contributed by atoms with E-state index >= 15 is 0 Å². The highest BCUT2D eigenvalue weighted by Gasteiger charge is 2.39. The second-order valence-corrected chi connectivity index (χ2v) is 19.8. The van der Waals surface area contributed by atoms with Crippen molar-refractivity contribution >= 4 is 49.4 Å². The van der Waals surface area contributed by atoms with Crippen LogP contribution in [0.15, 0.2) is 238 Å². The first-order chi connectivity index (χ1) is 33.6. The lowest BCUT2D eigenvalue weighted by Gasteiger charge is -2.29. The molecule has 13 rings (SSSR count). The summed E-state index contributed by atoms with van der Waals surface area (Å²) in [5.74, 6) is 0. The lowest BCUT2D eigenvalue weighted by molar-refractivity contribution is 0.660. The molecule has 0 aliphatic heterocycles. The van der Waals surface area contributed by atoms with E-state index in [0.717, 1.165) is 17.1 Å². The Balaban J connectivity index is 0.00000119. The Kier molecular flexibility index (Phi) is 9.90. The van der Waals surface area contributed by atoms with Crippen LogP contribution in [0, 0.1) is 0 Å². The van der Waals surface area contributed by atoms with Crippen LogP contribution < -0.4 is 4.90 Å². The minimum atomic E-state index is -0.228. The summed E-state index contributed by atoms with van der Waals surface area (Å²) in [6.45, 7) is 16.3. The molecule has 0 fully saturated rings. The molecule has 0 aromatic heterocycles. The maximum atomic E-state index is 3.36. The van der Waals surface area contributed by atoms with Crippen molar-refractivity contribution < 1.29 is 0 Å². The van der Waals surface area contributed by atoms with E-state index in [1.54, 1.807) is 12.2 Å². The van der Waals surface area contributed by atoms with Gasteiger partial charge >= 0.3 is 0 Å². The van der Waals surface area contributed by atoms with Gasteiger partial charge in [-0.05, 0) is 159 Å². The number of fused-ring (bicyclic) bond motifs is 7. The fourth-order valence-corrected chi connectivity index (χ4v) is 11.7. The molecule has 2 aliphatic carbocycles. The molecule has 69 heavy (non-hydrogen) atoms. The topological polar surface area (TPSA) is 3.24 Å². The summed E-state index contributed by atoms with van der Waals surface area (Å²) in [4.78, 5) is 2.44. The fourth-order valence-electron chi connectivity index (χ4n) is 11.7. The molecule has 0 saturated heterocycles. The van der Waals surface area contributed by atoms with Gasteiger partial charge in [-0.15, -0.1) is 0 Å². The Morgan fingerprint density at radius 3 is 1.55 bits per heavy atom. The van der Waals surface area contributed by atoms with Crippen molar-refractivity contribution in [1.29, 1.82) is 0 Å². The minimum absolute atomic E-state index is 0.0164. The van der Waals surface area contributed by atoms with Crippen LogP contribution in [0.5, 0.6) is 0 Å². The van der Waals surface area contributed by atoms with Gasteiger partial charge in [0.05, 0.1) is 0 Å². The summed E-state index contributed by atoms with van der Waals surface area (Å²) in [5, 5.41) is 7.94. The number of nitrogens with zero attached hydrogens (tertiary/aromatic N) is 1. The maximum absolute atomic E-state index is 3.36. The average molecular weight is 884 g/mol. The third-order valence-electron chi connectivity index (χ3n) is 15.1. The van der Waals surface area contributed by atoms with E-state index < -0.39 is 0 Å². The van der Waals surface area contributed by atoms with Crippen LogP contribution in [0.4, 0.5) is 17.1 Å². The predicted octanol–water partition coefficient (Wildman–Crippen LogP) is 19.0. The van der Waals surface area contributed by atoms with Gasteiger partial charge in [-0.1, -0.05) is 217 Å². The highest BCUT2D eigenvalue weighted by molar-refractivity contribution is 6.28. The average Bonchev–Trinajstić information content (AvgIpc) is 3.77. The van der Waals surface area contributed by atoms with Gasteiger partial charge < -0.3 is 4.90 Å². The number of rotatable bonds is 7. The Morgan fingerprint density at radius 2 is 0.870 bits per heavy atom. The fraction of sp³-hybridized carbons (Fsp3) is 0.0882. The van der Waals surface area contributed by atoms with Gasteiger partial charge in [0.2, 0.25) is 0 Å². The third kappa shape index (κ3) is 6.67. The van der Waals surface area contributed by atoms with Gasteiger partial charge in [-0.2, -0.15) is 0 Å². The summed E-state index contributed by atoms with van der Waals surface area (Å²) >= 11 is 0. The number of anilines is 3. The van der Waals surface area contributed by atoms with Crippen LogP contribution in [-0.2, 0) is 10.8 Å². The molecule has 0 amide bonds. The van der Waals surface area contributed by atoms with Crippen molar-refractivity contribution in [3.63, 3.8) is 0 Å². The van der Waals surface area contributed by atoms with Crippen LogP contribution in [0.3, 0.4) is 0 Å². The summed E-state index contributed by atoms with van der Waals surface area (Å²) in [7, 11) is 0. The molecule has 11 aromatic carbocycles. The zero-order chi connectivity index (χ0) is 47.0. The molecule has 0 unspecified atom stereocenters. The highest BCUT2D eigenvalue weighted by atomic mass is 15.1. The van der Waals surface area contributed by atoms with Gasteiger partial charge in [0.1, 0.15) is 0 Å². The normalized spacial score (nSPS) is 13.6. The first-order valence-electron chi connectivity index (χ1n) is 24.1. The second kappa shape index (κ2) is 16.2. The van der Waals surface area contributed by atoms with E-state index in [1.165, 1.54) is 110 Å². The largest absolute Gasteiger partial charge is 0.310 e. The van der Waals surface area contributed by atoms with E-state index in [1.807, 2.05) is 0 Å². The van der Waals surface area contributed by atoms with Crippen molar-refractivity contribution in [2.24, 2.45) is 0 Å². The molecule has 1 heteroatoms. The van der Waals surface area contributed by atoms with Crippen molar-refractivity contribution in [2.75, 3.05) is 4.90 Å². The van der Waals surface area contributed by atoms with E-state index in [2.05, 4.69) is 258 Å². The Labute approximate surface area is 406 Å². The molecule has 0 spiro atoms. The number of benzene rings is 11. The molecular formula is C68H53N. The second-order valence-electron chi connectivity index (χ2n) is 19.8. The molecule has 11 aromatic rings. The summed E-state index contributed by atoms with van der Waals surface area (Å²) in [5.41, 5.74) is 21.5. The Hall–Kier alpha value is -8.26. The van der Waals surface area contributed by atoms with Crippen LogP contribution in [0.1, 0.15) is 49.9 Å². The van der Waals surface area contributed by atoms with E-state index in [-0.39, 0.29) is 10.8 Å². The van der Waals surface area contributed by atoms with Crippen LogP contribution >= 0.6 is 0 Å². The van der Waals surface area contributed by atoms with Crippen molar-refractivity contribution in [3.05, 3.63) is 260 Å². The predicted molar refractivity (Wildman–Crippen MR) is 297 cm³/mol. The lowest BCUT2D eigenvalue weighted by atomic mass is 9.80. The molecule has 0 atom stereocenters. The molecule has 0 heterocycles. The quantitative estimate of drug-likeness (QED) is 0.114. The third-order valence-corrected chi connectivity index (χ3v) is 15.1.